The van der Waals surface area contributed by atoms with Crippen LogP contribution in [0.15, 0.2) is 48.5 Å². The van der Waals surface area contributed by atoms with Crippen LogP contribution in [0.2, 0.25) is 0 Å². The predicted octanol–water partition coefficient (Wildman–Crippen LogP) is 4.39. The molecule has 0 saturated carbocycles. The quantitative estimate of drug-likeness (QED) is 0.738. The first-order valence-corrected chi connectivity index (χ1v) is 8.98. The Kier molecular flexibility index (Phi) is 7.21. The van der Waals surface area contributed by atoms with E-state index in [-0.39, 0.29) is 11.8 Å². The van der Waals surface area contributed by atoms with Crippen LogP contribution < -0.4 is 15.4 Å². The first-order valence-electron chi connectivity index (χ1n) is 8.98. The summed E-state index contributed by atoms with van der Waals surface area (Å²) in [4.78, 5) is 23.9. The molecule has 2 aromatic rings. The number of hydrogen-bond acceptors (Lipinski definition) is 3. The van der Waals surface area contributed by atoms with Gasteiger partial charge in [-0.1, -0.05) is 26.0 Å². The highest BCUT2D eigenvalue weighted by Crippen LogP contribution is 2.17. The second-order valence-electron chi connectivity index (χ2n) is 6.12. The fourth-order valence-corrected chi connectivity index (χ4v) is 2.39. The molecule has 138 valence electrons. The maximum absolute atomic E-state index is 12.3. The third-order valence-electron chi connectivity index (χ3n) is 3.93. The Balaban J connectivity index is 1.88. The average Bonchev–Trinajstić information content (AvgIpc) is 2.64. The molecule has 2 N–H and O–H groups in total. The fraction of sp³-hybridized carbons (Fsp3) is 0.333. The van der Waals surface area contributed by atoms with Crippen molar-refractivity contribution in [3.8, 4) is 5.75 Å². The highest BCUT2D eigenvalue weighted by molar-refractivity contribution is 5.95. The van der Waals surface area contributed by atoms with Gasteiger partial charge >= 0.3 is 0 Å². The van der Waals surface area contributed by atoms with E-state index in [4.69, 9.17) is 4.74 Å². The Bertz CT molecular complexity index is 724. The summed E-state index contributed by atoms with van der Waals surface area (Å²) in [6.07, 6.45) is 1.64. The second kappa shape index (κ2) is 9.61. The van der Waals surface area contributed by atoms with Crippen molar-refractivity contribution in [3.05, 3.63) is 54.1 Å². The zero-order chi connectivity index (χ0) is 18.9. The zero-order valence-electron chi connectivity index (χ0n) is 15.5. The highest BCUT2D eigenvalue weighted by atomic mass is 16.5. The Hall–Kier alpha value is -2.82. The second-order valence-corrected chi connectivity index (χ2v) is 6.12. The van der Waals surface area contributed by atoms with E-state index in [1.165, 1.54) is 5.56 Å². The van der Waals surface area contributed by atoms with Gasteiger partial charge in [0.25, 0.3) is 5.91 Å². The summed E-state index contributed by atoms with van der Waals surface area (Å²) in [5.41, 5.74) is 2.59. The van der Waals surface area contributed by atoms with Crippen LogP contribution in [0.3, 0.4) is 0 Å². The maximum atomic E-state index is 12.3. The standard InChI is InChI=1S/C21H26N2O3/c1-4-6-20(24)22-17-9-11-18(12-10-17)23-21(25)15(3)26-19-13-7-16(5-2)8-14-19/h7-15H,4-6H2,1-3H3,(H,22,24)(H,23,25). The van der Waals surface area contributed by atoms with Crippen LogP contribution in [-0.2, 0) is 16.0 Å². The minimum absolute atomic E-state index is 0.0135. The average molecular weight is 354 g/mol. The van der Waals surface area contributed by atoms with E-state index >= 15 is 0 Å². The molecule has 2 aromatic carbocycles. The van der Waals surface area contributed by atoms with Crippen molar-refractivity contribution in [3.63, 3.8) is 0 Å². The van der Waals surface area contributed by atoms with Gasteiger partial charge in [0.1, 0.15) is 5.75 Å². The van der Waals surface area contributed by atoms with Gasteiger partial charge in [-0.25, -0.2) is 0 Å². The predicted molar refractivity (Wildman–Crippen MR) is 105 cm³/mol. The van der Waals surface area contributed by atoms with Gasteiger partial charge in [0, 0.05) is 17.8 Å². The molecule has 0 saturated heterocycles. The number of hydrogen-bond donors (Lipinski definition) is 2. The summed E-state index contributed by atoms with van der Waals surface area (Å²) in [5, 5.41) is 5.63. The lowest BCUT2D eigenvalue weighted by Crippen LogP contribution is -2.30. The zero-order valence-corrected chi connectivity index (χ0v) is 15.5. The van der Waals surface area contributed by atoms with Crippen LogP contribution in [0.4, 0.5) is 11.4 Å². The van der Waals surface area contributed by atoms with Crippen LogP contribution in [0.25, 0.3) is 0 Å². The SMILES string of the molecule is CCCC(=O)Nc1ccc(NC(=O)C(C)Oc2ccc(CC)cc2)cc1. The first-order chi connectivity index (χ1) is 12.5. The highest BCUT2D eigenvalue weighted by Gasteiger charge is 2.15. The third kappa shape index (κ3) is 5.92. The number of rotatable bonds is 8. The van der Waals surface area contributed by atoms with Crippen molar-refractivity contribution in [2.75, 3.05) is 10.6 Å². The summed E-state index contributed by atoms with van der Waals surface area (Å²) in [6, 6.07) is 14.8. The van der Waals surface area contributed by atoms with Crippen LogP contribution in [0.5, 0.6) is 5.75 Å². The van der Waals surface area contributed by atoms with E-state index < -0.39 is 6.10 Å². The summed E-state index contributed by atoms with van der Waals surface area (Å²) < 4.78 is 5.68. The molecule has 2 rings (SSSR count). The van der Waals surface area contributed by atoms with Gasteiger partial charge in [-0.3, -0.25) is 9.59 Å². The molecular formula is C21H26N2O3. The molecule has 5 heteroatoms. The Morgan fingerprint density at radius 3 is 2.04 bits per heavy atom. The largest absolute Gasteiger partial charge is 0.481 e. The molecule has 0 spiro atoms. The molecule has 0 heterocycles. The lowest BCUT2D eigenvalue weighted by molar-refractivity contribution is -0.122. The van der Waals surface area contributed by atoms with E-state index in [1.54, 1.807) is 31.2 Å². The third-order valence-corrected chi connectivity index (χ3v) is 3.93. The van der Waals surface area contributed by atoms with Crippen molar-refractivity contribution in [1.29, 1.82) is 0 Å². The van der Waals surface area contributed by atoms with Crippen molar-refractivity contribution >= 4 is 23.2 Å². The van der Waals surface area contributed by atoms with Crippen LogP contribution in [0, 0.1) is 0 Å². The van der Waals surface area contributed by atoms with Crippen molar-refractivity contribution in [2.24, 2.45) is 0 Å². The molecule has 5 nitrogen and oxygen atoms in total. The topological polar surface area (TPSA) is 67.4 Å². The molecule has 0 bridgehead atoms. The fourth-order valence-electron chi connectivity index (χ4n) is 2.39. The molecule has 0 aromatic heterocycles. The number of amides is 2. The maximum Gasteiger partial charge on any atom is 0.265 e. The molecule has 26 heavy (non-hydrogen) atoms. The molecule has 1 unspecified atom stereocenters. The molecule has 0 aliphatic heterocycles. The van der Waals surface area contributed by atoms with Crippen LogP contribution >= 0.6 is 0 Å². The smallest absolute Gasteiger partial charge is 0.265 e. The minimum atomic E-state index is -0.619. The van der Waals surface area contributed by atoms with Crippen molar-refractivity contribution in [1.82, 2.24) is 0 Å². The molecule has 2 amide bonds. The molecular weight excluding hydrogens is 328 g/mol. The molecule has 0 radical (unpaired) electrons. The van der Waals surface area contributed by atoms with Gasteiger partial charge in [0.05, 0.1) is 0 Å². The number of nitrogens with one attached hydrogen (secondary N) is 2. The Labute approximate surface area is 154 Å². The van der Waals surface area contributed by atoms with Crippen molar-refractivity contribution < 1.29 is 14.3 Å². The van der Waals surface area contributed by atoms with E-state index in [1.807, 2.05) is 31.2 Å². The van der Waals surface area contributed by atoms with Gasteiger partial charge in [-0.05, 0) is 61.7 Å². The van der Waals surface area contributed by atoms with Crippen molar-refractivity contribution in [2.45, 2.75) is 46.1 Å². The number of benzene rings is 2. The summed E-state index contributed by atoms with van der Waals surface area (Å²) in [5.74, 6) is 0.423. The van der Waals surface area contributed by atoms with Gasteiger partial charge in [0.2, 0.25) is 5.91 Å². The number of carbonyl (C=O) groups is 2. The monoisotopic (exact) mass is 354 g/mol. The minimum Gasteiger partial charge on any atom is -0.481 e. The van der Waals surface area contributed by atoms with E-state index in [9.17, 15) is 9.59 Å². The van der Waals surface area contributed by atoms with Gasteiger partial charge < -0.3 is 15.4 Å². The molecule has 0 aliphatic carbocycles. The number of carbonyl (C=O) groups excluding carboxylic acids is 2. The number of aryl methyl sites for hydroxylation is 1. The van der Waals surface area contributed by atoms with Gasteiger partial charge in [0.15, 0.2) is 6.10 Å². The lowest BCUT2D eigenvalue weighted by Gasteiger charge is -2.15. The van der Waals surface area contributed by atoms with Gasteiger partial charge in [-0.2, -0.15) is 0 Å². The molecule has 0 fully saturated rings. The van der Waals surface area contributed by atoms with E-state index in [0.29, 0.717) is 23.5 Å². The normalized spacial score (nSPS) is 11.5. The van der Waals surface area contributed by atoms with Crippen LogP contribution in [-0.4, -0.2) is 17.9 Å². The van der Waals surface area contributed by atoms with E-state index in [0.717, 1.165) is 12.8 Å². The summed E-state index contributed by atoms with van der Waals surface area (Å²) in [6.45, 7) is 5.76. The summed E-state index contributed by atoms with van der Waals surface area (Å²) >= 11 is 0. The first kappa shape index (κ1) is 19.5. The number of ether oxygens (including phenoxy) is 1. The summed E-state index contributed by atoms with van der Waals surface area (Å²) in [7, 11) is 0. The lowest BCUT2D eigenvalue weighted by atomic mass is 10.2. The molecule has 1 atom stereocenters. The Morgan fingerprint density at radius 2 is 1.50 bits per heavy atom. The number of anilines is 2. The van der Waals surface area contributed by atoms with Crippen LogP contribution in [0.1, 0.15) is 39.2 Å². The van der Waals surface area contributed by atoms with Gasteiger partial charge in [-0.15, -0.1) is 0 Å². The molecule has 0 aliphatic rings. The Morgan fingerprint density at radius 1 is 0.923 bits per heavy atom. The van der Waals surface area contributed by atoms with E-state index in [2.05, 4.69) is 17.6 Å².